The summed E-state index contributed by atoms with van der Waals surface area (Å²) in [5.74, 6) is 0. The molecule has 0 N–H and O–H groups in total. The lowest BCUT2D eigenvalue weighted by Crippen LogP contribution is -2.64. The number of carbonyl (C=O) groups is 1. The predicted molar refractivity (Wildman–Crippen MR) is 111 cm³/mol. The normalized spacial score (nSPS) is 18.1. The van der Waals surface area contributed by atoms with Gasteiger partial charge in [0.25, 0.3) is 0 Å². The summed E-state index contributed by atoms with van der Waals surface area (Å²) in [4.78, 5) is 18.4. The van der Waals surface area contributed by atoms with E-state index in [1.54, 1.807) is 0 Å². The first kappa shape index (κ1) is 19.4. The fourth-order valence-electron chi connectivity index (χ4n) is 4.43. The molecule has 0 aromatic carbocycles. The smallest absolute Gasteiger partial charge is 0.409 e. The predicted octanol–water partition coefficient (Wildman–Crippen LogP) is 4.90. The molecule has 1 saturated heterocycles. The Bertz CT molecular complexity index is 881. The quantitative estimate of drug-likeness (QED) is 0.612. The van der Waals surface area contributed by atoms with Crippen molar-refractivity contribution in [2.75, 3.05) is 19.7 Å². The van der Waals surface area contributed by atoms with Crippen molar-refractivity contribution in [3.8, 4) is 11.3 Å². The molecule has 4 rings (SSSR count). The molecular weight excluding hydrogens is 420 g/mol. The molecule has 0 radical (unpaired) electrons. The van der Waals surface area contributed by atoms with Gasteiger partial charge in [-0.3, -0.25) is 9.67 Å². The van der Waals surface area contributed by atoms with Gasteiger partial charge < -0.3 is 9.64 Å². The molecule has 0 unspecified atom stereocenters. The highest BCUT2D eigenvalue weighted by Gasteiger charge is 2.55. The Labute approximate surface area is 174 Å². The molecule has 0 atom stereocenters. The minimum Gasteiger partial charge on any atom is -0.449 e. The first-order valence-electron chi connectivity index (χ1n) is 10.0. The van der Waals surface area contributed by atoms with E-state index >= 15 is 0 Å². The van der Waals surface area contributed by atoms with Crippen molar-refractivity contribution in [3.63, 3.8) is 0 Å². The molecule has 1 spiro atoms. The van der Waals surface area contributed by atoms with E-state index in [-0.39, 0.29) is 11.5 Å². The van der Waals surface area contributed by atoms with Crippen molar-refractivity contribution >= 4 is 22.0 Å². The summed E-state index contributed by atoms with van der Waals surface area (Å²) in [6.07, 6.45) is 5.72. The molecule has 6 nitrogen and oxygen atoms in total. The van der Waals surface area contributed by atoms with Crippen LogP contribution >= 0.6 is 15.9 Å². The Morgan fingerprint density at radius 3 is 2.75 bits per heavy atom. The molecule has 2 aliphatic rings. The Morgan fingerprint density at radius 2 is 2.07 bits per heavy atom. The summed E-state index contributed by atoms with van der Waals surface area (Å²) < 4.78 is 8.53. The van der Waals surface area contributed by atoms with Gasteiger partial charge in [-0.05, 0) is 61.2 Å². The maximum atomic E-state index is 12.1. The Balaban J connectivity index is 1.43. The number of halogens is 1. The van der Waals surface area contributed by atoms with Crippen LogP contribution in [0.3, 0.4) is 0 Å². The number of carbonyl (C=O) groups excluding carboxylic acids is 1. The number of rotatable bonds is 5. The molecule has 1 aliphatic carbocycles. The van der Waals surface area contributed by atoms with Gasteiger partial charge in [0.05, 0.1) is 28.5 Å². The minimum absolute atomic E-state index is 0.160. The van der Waals surface area contributed by atoms with Crippen molar-refractivity contribution in [1.82, 2.24) is 19.7 Å². The first-order chi connectivity index (χ1) is 13.4. The highest BCUT2D eigenvalue weighted by molar-refractivity contribution is 9.10. The average molecular weight is 447 g/mol. The van der Waals surface area contributed by atoms with Gasteiger partial charge in [-0.1, -0.05) is 13.3 Å². The van der Waals surface area contributed by atoms with Crippen molar-refractivity contribution in [3.05, 3.63) is 34.2 Å². The summed E-state index contributed by atoms with van der Waals surface area (Å²) in [6, 6.07) is 4.43. The highest BCUT2D eigenvalue weighted by atomic mass is 79.9. The van der Waals surface area contributed by atoms with Crippen LogP contribution in [0.25, 0.3) is 11.3 Å². The number of aromatic nitrogens is 3. The van der Waals surface area contributed by atoms with E-state index in [1.165, 1.54) is 0 Å². The third-order valence-electron chi connectivity index (χ3n) is 5.99. The van der Waals surface area contributed by atoms with Gasteiger partial charge in [0, 0.05) is 36.0 Å². The molecule has 150 valence electrons. The van der Waals surface area contributed by atoms with Crippen molar-refractivity contribution in [1.29, 1.82) is 0 Å². The standard InChI is InChI=1S/C21H27BrN4O2/c1-4-5-9-28-20(27)25-12-21(13-25)10-16(11-21)26-19(18(22)15(3)24-26)17-7-6-8-23-14(17)2/h6-8,16H,4-5,9-13H2,1-3H3. The van der Waals surface area contributed by atoms with E-state index < -0.39 is 0 Å². The van der Waals surface area contributed by atoms with Crippen LogP contribution in [0.1, 0.15) is 50.0 Å². The lowest BCUT2D eigenvalue weighted by molar-refractivity contribution is -0.0818. The number of ether oxygens (including phenoxy) is 1. The summed E-state index contributed by atoms with van der Waals surface area (Å²) >= 11 is 3.73. The lowest BCUT2D eigenvalue weighted by atomic mass is 9.60. The van der Waals surface area contributed by atoms with Crippen LogP contribution in [0, 0.1) is 19.3 Å². The number of pyridine rings is 1. The average Bonchev–Trinajstić information content (AvgIpc) is 2.88. The Hall–Kier alpha value is -1.89. The number of unbranched alkanes of at least 4 members (excludes halogenated alkanes) is 1. The number of likely N-dealkylation sites (tertiary alicyclic amines) is 1. The fourth-order valence-corrected chi connectivity index (χ4v) is 4.90. The molecule has 0 bridgehead atoms. The van der Waals surface area contributed by atoms with E-state index in [0.29, 0.717) is 12.6 Å². The van der Waals surface area contributed by atoms with Gasteiger partial charge in [-0.2, -0.15) is 5.10 Å². The summed E-state index contributed by atoms with van der Waals surface area (Å²) in [5, 5.41) is 4.81. The SMILES string of the molecule is CCCCOC(=O)N1CC2(CC(n3nc(C)c(Br)c3-c3cccnc3C)C2)C1. The Morgan fingerprint density at radius 1 is 1.32 bits per heavy atom. The molecule has 2 fully saturated rings. The molecule has 1 aliphatic heterocycles. The largest absolute Gasteiger partial charge is 0.449 e. The van der Waals surface area contributed by atoms with E-state index in [2.05, 4.69) is 38.6 Å². The number of nitrogens with zero attached hydrogens (tertiary/aromatic N) is 4. The van der Waals surface area contributed by atoms with Crippen LogP contribution in [0.5, 0.6) is 0 Å². The molecule has 1 amide bonds. The Kier molecular flexibility index (Phi) is 5.21. The van der Waals surface area contributed by atoms with Gasteiger partial charge in [0.1, 0.15) is 0 Å². The topological polar surface area (TPSA) is 60.2 Å². The number of amides is 1. The van der Waals surface area contributed by atoms with E-state index in [0.717, 1.165) is 65.9 Å². The summed E-state index contributed by atoms with van der Waals surface area (Å²) in [6.45, 7) is 8.29. The van der Waals surface area contributed by atoms with Gasteiger partial charge in [-0.15, -0.1) is 0 Å². The molecule has 2 aromatic heterocycles. The van der Waals surface area contributed by atoms with Gasteiger partial charge in [0.15, 0.2) is 0 Å². The van der Waals surface area contributed by atoms with Crippen LogP contribution in [0.15, 0.2) is 22.8 Å². The monoisotopic (exact) mass is 446 g/mol. The molecule has 28 heavy (non-hydrogen) atoms. The number of hydrogen-bond donors (Lipinski definition) is 0. The molecule has 3 heterocycles. The van der Waals surface area contributed by atoms with Gasteiger partial charge in [-0.25, -0.2) is 4.79 Å². The lowest BCUT2D eigenvalue weighted by Gasteiger charge is -2.58. The zero-order valence-corrected chi connectivity index (χ0v) is 18.3. The van der Waals surface area contributed by atoms with Crippen LogP contribution in [0.2, 0.25) is 0 Å². The second-order valence-corrected chi connectivity index (χ2v) is 9.01. The second kappa shape index (κ2) is 7.50. The maximum absolute atomic E-state index is 12.1. The van der Waals surface area contributed by atoms with Gasteiger partial charge in [0.2, 0.25) is 0 Å². The van der Waals surface area contributed by atoms with Gasteiger partial charge >= 0.3 is 6.09 Å². The highest BCUT2D eigenvalue weighted by Crippen LogP contribution is 2.55. The number of aryl methyl sites for hydroxylation is 2. The van der Waals surface area contributed by atoms with Crippen LogP contribution in [0.4, 0.5) is 4.79 Å². The van der Waals surface area contributed by atoms with Crippen LogP contribution in [-0.4, -0.2) is 45.5 Å². The first-order valence-corrected chi connectivity index (χ1v) is 10.8. The molecule has 7 heteroatoms. The van der Waals surface area contributed by atoms with Crippen LogP contribution < -0.4 is 0 Å². The summed E-state index contributed by atoms with van der Waals surface area (Å²) in [7, 11) is 0. The van der Waals surface area contributed by atoms with Crippen molar-refractivity contribution in [2.45, 2.75) is 52.5 Å². The van der Waals surface area contributed by atoms with E-state index in [4.69, 9.17) is 9.84 Å². The summed E-state index contributed by atoms with van der Waals surface area (Å²) in [5.41, 5.74) is 4.46. The zero-order chi connectivity index (χ0) is 19.9. The van der Waals surface area contributed by atoms with Crippen molar-refractivity contribution < 1.29 is 9.53 Å². The van der Waals surface area contributed by atoms with Crippen molar-refractivity contribution in [2.24, 2.45) is 5.41 Å². The minimum atomic E-state index is -0.160. The maximum Gasteiger partial charge on any atom is 0.409 e. The van der Waals surface area contributed by atoms with E-state index in [9.17, 15) is 4.79 Å². The molecule has 1 saturated carbocycles. The zero-order valence-electron chi connectivity index (χ0n) is 16.7. The second-order valence-electron chi connectivity index (χ2n) is 8.21. The third kappa shape index (κ3) is 3.34. The van der Waals surface area contributed by atoms with Crippen LogP contribution in [-0.2, 0) is 4.74 Å². The molecule has 2 aromatic rings. The number of hydrogen-bond acceptors (Lipinski definition) is 4. The third-order valence-corrected chi connectivity index (χ3v) is 6.94. The van der Waals surface area contributed by atoms with E-state index in [1.807, 2.05) is 31.0 Å². The fraction of sp³-hybridized carbons (Fsp3) is 0.571. The molecular formula is C21H27BrN4O2.